The second-order valence-corrected chi connectivity index (χ2v) is 12.3. The van der Waals surface area contributed by atoms with Crippen molar-refractivity contribution in [2.24, 2.45) is 0 Å². The summed E-state index contributed by atoms with van der Waals surface area (Å²) in [6.07, 6.45) is -1.93. The number of benzene rings is 5. The molecule has 0 aliphatic rings. The van der Waals surface area contributed by atoms with Gasteiger partial charge in [0.1, 0.15) is 6.10 Å². The Morgan fingerprint density at radius 1 is 0.564 bits per heavy atom. The molecule has 0 fully saturated rings. The minimum absolute atomic E-state index is 0.538. The maximum Gasteiger partial charge on any atom is 0.207 e. The van der Waals surface area contributed by atoms with Crippen LogP contribution in [0.2, 0.25) is 0 Å². The van der Waals surface area contributed by atoms with Crippen LogP contribution in [0.4, 0.5) is 0 Å². The topological polar surface area (TPSA) is 60.8 Å². The molecule has 196 valence electrons. The Bertz CT molecular complexity index is 1530. The van der Waals surface area contributed by atoms with Crippen LogP contribution in [0.5, 0.6) is 0 Å². The molecule has 39 heavy (non-hydrogen) atoms. The van der Waals surface area contributed by atoms with E-state index in [1.165, 1.54) is 0 Å². The fourth-order valence-electron chi connectivity index (χ4n) is 5.19. The Labute approximate surface area is 230 Å². The second-order valence-electron chi connectivity index (χ2n) is 9.57. The molecule has 0 saturated heterocycles. The summed E-state index contributed by atoms with van der Waals surface area (Å²) in [5.74, 6) is 0. The van der Waals surface area contributed by atoms with Crippen molar-refractivity contribution in [3.63, 3.8) is 0 Å². The maximum atomic E-state index is 15.7. The van der Waals surface area contributed by atoms with E-state index in [1.54, 1.807) is 0 Å². The van der Waals surface area contributed by atoms with Crippen molar-refractivity contribution in [1.82, 2.24) is 4.67 Å². The van der Waals surface area contributed by atoms with Gasteiger partial charge in [0, 0.05) is 10.6 Å². The molecule has 0 aliphatic heterocycles. The highest BCUT2D eigenvalue weighted by molar-refractivity contribution is 7.76. The summed E-state index contributed by atoms with van der Waals surface area (Å²) in [6, 6.07) is 44.6. The fourth-order valence-corrected chi connectivity index (χ4v) is 8.19. The van der Waals surface area contributed by atoms with Crippen LogP contribution in [0.1, 0.15) is 40.5 Å². The molecule has 0 amide bonds. The lowest BCUT2D eigenvalue weighted by Gasteiger charge is -2.39. The summed E-state index contributed by atoms with van der Waals surface area (Å²) in [7, 11) is -1.80. The van der Waals surface area contributed by atoms with Gasteiger partial charge < -0.3 is 10.2 Å². The van der Waals surface area contributed by atoms with Crippen molar-refractivity contribution < 1.29 is 14.8 Å². The number of nitrogens with zero attached hydrogens (tertiary/aromatic N) is 1. The predicted molar refractivity (Wildman–Crippen MR) is 159 cm³/mol. The van der Waals surface area contributed by atoms with E-state index in [9.17, 15) is 10.2 Å². The van der Waals surface area contributed by atoms with Gasteiger partial charge in [-0.05, 0) is 47.5 Å². The van der Waals surface area contributed by atoms with Gasteiger partial charge in [0.25, 0.3) is 0 Å². The molecule has 2 N–H and O–H groups in total. The van der Waals surface area contributed by atoms with E-state index in [0.29, 0.717) is 16.2 Å². The normalized spacial score (nSPS) is 15.3. The third-order valence-electron chi connectivity index (χ3n) is 7.21. The Hall–Kier alpha value is -3.79. The summed E-state index contributed by atoms with van der Waals surface area (Å²) in [4.78, 5) is 0. The summed E-state index contributed by atoms with van der Waals surface area (Å²) >= 11 is 0. The zero-order valence-electron chi connectivity index (χ0n) is 21.8. The van der Waals surface area contributed by atoms with E-state index in [2.05, 4.69) is 0 Å². The summed E-state index contributed by atoms with van der Waals surface area (Å²) in [5, 5.41) is 24.5. The molecule has 0 heterocycles. The monoisotopic (exact) mass is 533 g/mol. The van der Waals surface area contributed by atoms with Gasteiger partial charge in [0.05, 0.1) is 12.1 Å². The maximum absolute atomic E-state index is 15.7. The minimum Gasteiger partial charge on any atom is -0.386 e. The van der Waals surface area contributed by atoms with Gasteiger partial charge in [-0.15, -0.1) is 0 Å². The molecule has 0 saturated carbocycles. The molecule has 4 atom stereocenters. The molecule has 5 heteroatoms. The third-order valence-corrected chi connectivity index (χ3v) is 10.4. The fraction of sp³-hybridized carbons (Fsp3) is 0.118. The van der Waals surface area contributed by atoms with Crippen LogP contribution in [0.25, 0.3) is 0 Å². The van der Waals surface area contributed by atoms with Crippen molar-refractivity contribution >= 4 is 17.9 Å². The van der Waals surface area contributed by atoms with Crippen molar-refractivity contribution in [1.29, 1.82) is 0 Å². The molecule has 0 radical (unpaired) electrons. The van der Waals surface area contributed by atoms with E-state index >= 15 is 4.57 Å². The van der Waals surface area contributed by atoms with Gasteiger partial charge in [-0.25, -0.2) is 4.67 Å². The van der Waals surface area contributed by atoms with Gasteiger partial charge >= 0.3 is 0 Å². The summed E-state index contributed by atoms with van der Waals surface area (Å²) in [5.41, 5.74) is 2.86. The molecular weight excluding hydrogens is 501 g/mol. The van der Waals surface area contributed by atoms with E-state index in [0.717, 1.165) is 16.7 Å². The van der Waals surface area contributed by atoms with Gasteiger partial charge in [0.2, 0.25) is 7.29 Å². The first-order chi connectivity index (χ1) is 19.0. The Kier molecular flexibility index (Phi) is 8.21. The molecule has 4 nitrogen and oxygen atoms in total. The number of rotatable bonds is 9. The number of hydrogen-bond acceptors (Lipinski definition) is 3. The van der Waals surface area contributed by atoms with Crippen LogP contribution in [-0.2, 0) is 4.57 Å². The van der Waals surface area contributed by atoms with E-state index < -0.39 is 25.5 Å². The third kappa shape index (κ3) is 5.38. The zero-order chi connectivity index (χ0) is 27.2. The van der Waals surface area contributed by atoms with E-state index in [4.69, 9.17) is 0 Å². The SMILES string of the molecule is CN([C@H](c1ccccc1)[C@@H](O)c1ccccc1)[P@](=O)(c1ccccc1)c1ccccc1[C@@H](O)c1ccccc1. The average molecular weight is 534 g/mol. The van der Waals surface area contributed by atoms with E-state index in [1.807, 2.05) is 157 Å². The van der Waals surface area contributed by atoms with Gasteiger partial charge in [0.15, 0.2) is 0 Å². The zero-order valence-corrected chi connectivity index (χ0v) is 22.7. The first-order valence-corrected chi connectivity index (χ1v) is 14.7. The minimum atomic E-state index is -3.61. The summed E-state index contributed by atoms with van der Waals surface area (Å²) in [6.45, 7) is 0. The highest BCUT2D eigenvalue weighted by atomic mass is 31.2. The summed E-state index contributed by atoms with van der Waals surface area (Å²) < 4.78 is 17.5. The second kappa shape index (κ2) is 11.9. The molecule has 5 aromatic carbocycles. The average Bonchev–Trinajstić information content (AvgIpc) is 3.02. The molecule has 5 aromatic rings. The molecular formula is C34H32NO3P. The quantitative estimate of drug-likeness (QED) is 0.215. The van der Waals surface area contributed by atoms with E-state index in [-0.39, 0.29) is 0 Å². The highest BCUT2D eigenvalue weighted by Crippen LogP contribution is 2.54. The van der Waals surface area contributed by atoms with Crippen molar-refractivity contribution in [3.05, 3.63) is 168 Å². The number of aliphatic hydroxyl groups is 2. The van der Waals surface area contributed by atoms with Crippen LogP contribution in [0.15, 0.2) is 146 Å². The van der Waals surface area contributed by atoms with Crippen LogP contribution in [-0.4, -0.2) is 21.9 Å². The van der Waals surface area contributed by atoms with Gasteiger partial charge in [-0.1, -0.05) is 127 Å². The molecule has 0 aromatic heterocycles. The standard InChI is InChI=1S/C34H32NO3P/c1-35(32(26-16-6-2-7-17-26)34(37)28-20-10-4-11-21-28)39(38,29-22-12-5-13-23-29)31-25-15-14-24-30(31)33(36)27-18-8-3-9-19-27/h2-25,32-34,36-37H,1H3/t32-,33+,34+,39+/m1/s1. The Balaban J connectivity index is 1.72. The van der Waals surface area contributed by atoms with Crippen LogP contribution >= 0.6 is 7.29 Å². The molecule has 5 rings (SSSR count). The van der Waals surface area contributed by atoms with Crippen molar-refractivity contribution in [2.45, 2.75) is 18.2 Å². The van der Waals surface area contributed by atoms with Crippen molar-refractivity contribution in [2.75, 3.05) is 7.05 Å². The van der Waals surface area contributed by atoms with Crippen LogP contribution in [0.3, 0.4) is 0 Å². The Morgan fingerprint density at radius 2 is 1.00 bits per heavy atom. The first-order valence-electron chi connectivity index (χ1n) is 13.0. The number of aliphatic hydroxyl groups excluding tert-OH is 2. The lowest BCUT2D eigenvalue weighted by Crippen LogP contribution is -2.36. The van der Waals surface area contributed by atoms with Crippen LogP contribution < -0.4 is 10.6 Å². The lowest BCUT2D eigenvalue weighted by atomic mass is 9.96. The number of likely N-dealkylation sites (N-methyl/N-ethyl adjacent to an activating group) is 1. The smallest absolute Gasteiger partial charge is 0.207 e. The molecule has 0 spiro atoms. The molecule has 0 aliphatic carbocycles. The van der Waals surface area contributed by atoms with Crippen LogP contribution in [0, 0.1) is 0 Å². The highest BCUT2D eigenvalue weighted by Gasteiger charge is 2.42. The molecule has 0 bridgehead atoms. The Morgan fingerprint density at radius 3 is 1.56 bits per heavy atom. The van der Waals surface area contributed by atoms with Gasteiger partial charge in [-0.3, -0.25) is 4.57 Å². The largest absolute Gasteiger partial charge is 0.386 e. The lowest BCUT2D eigenvalue weighted by molar-refractivity contribution is 0.0987. The van der Waals surface area contributed by atoms with Gasteiger partial charge in [-0.2, -0.15) is 0 Å². The number of hydrogen-bond donors (Lipinski definition) is 2. The van der Waals surface area contributed by atoms with Crippen molar-refractivity contribution in [3.8, 4) is 0 Å². The first kappa shape index (κ1) is 26.8. The predicted octanol–water partition coefficient (Wildman–Crippen LogP) is 6.40. The molecule has 0 unspecified atom stereocenters.